The van der Waals surface area contributed by atoms with E-state index < -0.39 is 0 Å². The van der Waals surface area contributed by atoms with E-state index in [1.807, 2.05) is 0 Å². The average Bonchev–Trinajstić information content (AvgIpc) is 2.97. The number of allylic oxidation sites excluding steroid dienone is 4. The molecule has 146 valence electrons. The Morgan fingerprint density at radius 2 is 1.96 bits per heavy atom. The summed E-state index contributed by atoms with van der Waals surface area (Å²) in [5, 5.41) is 0. The number of Topliss-reactive ketones (excluding diaryl/α,β-unsaturated/α-hetero) is 1. The molecule has 0 radical (unpaired) electrons. The molecule has 3 nitrogen and oxygen atoms in total. The number of rotatable bonds is 3. The summed E-state index contributed by atoms with van der Waals surface area (Å²) in [6, 6.07) is 0. The first kappa shape index (κ1) is 19.0. The molecule has 6 atom stereocenters. The summed E-state index contributed by atoms with van der Waals surface area (Å²) < 4.78 is 5.03. The van der Waals surface area contributed by atoms with Crippen molar-refractivity contribution in [3.63, 3.8) is 0 Å². The molecule has 27 heavy (non-hydrogen) atoms. The highest BCUT2D eigenvalue weighted by Crippen LogP contribution is 2.66. The zero-order valence-corrected chi connectivity index (χ0v) is 17.4. The van der Waals surface area contributed by atoms with Gasteiger partial charge in [-0.05, 0) is 73.8 Å². The highest BCUT2D eigenvalue weighted by Gasteiger charge is 2.59. The minimum Gasteiger partial charge on any atom is -0.458 e. The molecule has 0 aromatic carbocycles. The number of fused-ring (bicyclic) bond motifs is 5. The number of hydrogen-bond donors (Lipinski definition) is 0. The van der Waals surface area contributed by atoms with Crippen molar-refractivity contribution < 1.29 is 14.3 Å². The summed E-state index contributed by atoms with van der Waals surface area (Å²) in [5.41, 5.74) is 1.70. The first-order valence-electron chi connectivity index (χ1n) is 10.4. The number of carbonyl (C=O) groups is 2. The highest BCUT2D eigenvalue weighted by atomic mass is 32.1. The zero-order chi connectivity index (χ0) is 19.4. The van der Waals surface area contributed by atoms with Crippen LogP contribution in [0.1, 0.15) is 59.3 Å². The Kier molecular flexibility index (Phi) is 4.69. The highest BCUT2D eigenvalue weighted by molar-refractivity contribution is 7.81. The smallest absolute Gasteiger partial charge is 0.303 e. The van der Waals surface area contributed by atoms with Crippen molar-refractivity contribution in [1.82, 2.24) is 0 Å². The average molecular weight is 387 g/mol. The lowest BCUT2D eigenvalue weighted by molar-refractivity contribution is -0.149. The molecule has 4 rings (SSSR count). The first-order chi connectivity index (χ1) is 12.8. The standard InChI is InChI=1S/C23H30O3S/c1-14(24)26-13-21(25)20-7-6-18-17-5-4-15-12-16(27)8-10-22(15,2)19(17)9-11-23(18,20)3/h8,10,12,17-20H,4-7,9,11,13H2,1-3H3/t17-,18-,19-,20+,22-,23-/m0/s1. The van der Waals surface area contributed by atoms with E-state index in [0.717, 1.165) is 30.5 Å². The van der Waals surface area contributed by atoms with Crippen molar-refractivity contribution in [1.29, 1.82) is 0 Å². The first-order valence-corrected chi connectivity index (χ1v) is 10.8. The van der Waals surface area contributed by atoms with Gasteiger partial charge < -0.3 is 4.74 Å². The van der Waals surface area contributed by atoms with Crippen molar-refractivity contribution in [2.45, 2.75) is 59.3 Å². The van der Waals surface area contributed by atoms with Gasteiger partial charge in [0.2, 0.25) is 0 Å². The summed E-state index contributed by atoms with van der Waals surface area (Å²) in [4.78, 5) is 24.9. The summed E-state index contributed by atoms with van der Waals surface area (Å²) in [6.07, 6.45) is 13.4. The third-order valence-electron chi connectivity index (χ3n) is 8.36. The number of thiocarbonyl (C=S) groups is 1. The van der Waals surface area contributed by atoms with Crippen LogP contribution in [0.25, 0.3) is 0 Å². The summed E-state index contributed by atoms with van der Waals surface area (Å²) in [5.74, 6) is 1.73. The monoisotopic (exact) mass is 386 g/mol. The number of ketones is 1. The van der Waals surface area contributed by atoms with Gasteiger partial charge >= 0.3 is 5.97 Å². The van der Waals surface area contributed by atoms with Crippen molar-refractivity contribution in [2.24, 2.45) is 34.5 Å². The lowest BCUT2D eigenvalue weighted by atomic mass is 9.47. The Morgan fingerprint density at radius 3 is 2.70 bits per heavy atom. The van der Waals surface area contributed by atoms with Gasteiger partial charge in [-0.15, -0.1) is 0 Å². The van der Waals surface area contributed by atoms with E-state index >= 15 is 0 Å². The molecule has 3 fully saturated rings. The lowest BCUT2D eigenvalue weighted by Crippen LogP contribution is -2.50. The maximum atomic E-state index is 12.8. The van der Waals surface area contributed by atoms with Gasteiger partial charge in [-0.1, -0.05) is 37.7 Å². The van der Waals surface area contributed by atoms with Gasteiger partial charge in [0.1, 0.15) is 6.61 Å². The SMILES string of the molecule is CC(=O)OCC(=O)[C@H]1CC[C@H]2[C@@H]3CCC4=CC(=S)C=C[C@]4(C)[C@H]3CC[C@]12C. The van der Waals surface area contributed by atoms with E-state index in [2.05, 4.69) is 32.1 Å². The van der Waals surface area contributed by atoms with Gasteiger partial charge in [0.25, 0.3) is 0 Å². The molecule has 0 bridgehead atoms. The fraction of sp³-hybridized carbons (Fsp3) is 0.696. The molecule has 0 heterocycles. The number of ether oxygens (including phenoxy) is 1. The Labute approximate surface area is 167 Å². The third-order valence-corrected chi connectivity index (χ3v) is 8.62. The van der Waals surface area contributed by atoms with E-state index in [9.17, 15) is 9.59 Å². The maximum absolute atomic E-state index is 12.8. The van der Waals surface area contributed by atoms with E-state index in [1.165, 1.54) is 25.3 Å². The van der Waals surface area contributed by atoms with Gasteiger partial charge in [0, 0.05) is 23.1 Å². The largest absolute Gasteiger partial charge is 0.458 e. The molecule has 0 N–H and O–H groups in total. The molecule has 4 heteroatoms. The number of esters is 1. The van der Waals surface area contributed by atoms with Crippen LogP contribution >= 0.6 is 12.2 Å². The quantitative estimate of drug-likeness (QED) is 0.514. The minimum atomic E-state index is -0.367. The molecule has 4 aliphatic rings. The molecule has 0 aromatic rings. The summed E-state index contributed by atoms with van der Waals surface area (Å²) >= 11 is 5.41. The van der Waals surface area contributed by atoms with Crippen LogP contribution in [-0.4, -0.2) is 23.2 Å². The van der Waals surface area contributed by atoms with Crippen LogP contribution in [0.15, 0.2) is 23.8 Å². The number of hydrogen-bond acceptors (Lipinski definition) is 4. The zero-order valence-electron chi connectivity index (χ0n) is 16.6. The number of carbonyl (C=O) groups excluding carboxylic acids is 2. The van der Waals surface area contributed by atoms with Gasteiger partial charge in [0.15, 0.2) is 5.78 Å². The minimum absolute atomic E-state index is 0.0435. The second-order valence-electron chi connectivity index (χ2n) is 9.52. The predicted molar refractivity (Wildman–Crippen MR) is 109 cm³/mol. The summed E-state index contributed by atoms with van der Waals surface area (Å²) in [7, 11) is 0. The fourth-order valence-electron chi connectivity index (χ4n) is 7.00. The molecule has 3 saturated carbocycles. The lowest BCUT2D eigenvalue weighted by Gasteiger charge is -2.57. The molecule has 0 unspecified atom stereocenters. The second kappa shape index (κ2) is 6.65. The van der Waals surface area contributed by atoms with Crippen LogP contribution in [0.5, 0.6) is 0 Å². The van der Waals surface area contributed by atoms with Crippen molar-refractivity contribution in [2.75, 3.05) is 6.61 Å². The Bertz CT molecular complexity index is 751. The van der Waals surface area contributed by atoms with Gasteiger partial charge in [-0.3, -0.25) is 9.59 Å². The maximum Gasteiger partial charge on any atom is 0.303 e. The van der Waals surface area contributed by atoms with Crippen LogP contribution in [0.3, 0.4) is 0 Å². The predicted octanol–water partition coefficient (Wildman–Crippen LogP) is 4.84. The third kappa shape index (κ3) is 2.95. The molecular weight excluding hydrogens is 356 g/mol. The molecule has 0 aromatic heterocycles. The van der Waals surface area contributed by atoms with Crippen LogP contribution in [0, 0.1) is 34.5 Å². The van der Waals surface area contributed by atoms with Gasteiger partial charge in [0.05, 0.1) is 0 Å². The normalized spacial score (nSPS) is 42.6. The second-order valence-corrected chi connectivity index (χ2v) is 10.00. The van der Waals surface area contributed by atoms with Gasteiger partial charge in [-0.2, -0.15) is 0 Å². The Hall–Kier alpha value is -1.29. The molecule has 0 aliphatic heterocycles. The molecular formula is C23H30O3S. The van der Waals surface area contributed by atoms with E-state index in [0.29, 0.717) is 17.8 Å². The molecule has 0 spiro atoms. The van der Waals surface area contributed by atoms with E-state index in [1.54, 1.807) is 0 Å². The fourth-order valence-corrected chi connectivity index (χ4v) is 7.21. The van der Waals surface area contributed by atoms with Crippen molar-refractivity contribution >= 4 is 28.8 Å². The van der Waals surface area contributed by atoms with Crippen LogP contribution in [0.2, 0.25) is 0 Å². The molecule has 4 aliphatic carbocycles. The Morgan fingerprint density at radius 1 is 1.19 bits per heavy atom. The van der Waals surface area contributed by atoms with Crippen LogP contribution in [-0.2, 0) is 14.3 Å². The van der Waals surface area contributed by atoms with Gasteiger partial charge in [-0.25, -0.2) is 0 Å². The van der Waals surface area contributed by atoms with Crippen LogP contribution < -0.4 is 0 Å². The van der Waals surface area contributed by atoms with E-state index in [-0.39, 0.29) is 35.1 Å². The topological polar surface area (TPSA) is 43.4 Å². The molecule has 0 amide bonds. The van der Waals surface area contributed by atoms with E-state index in [4.69, 9.17) is 17.0 Å². The molecule has 0 saturated heterocycles. The van der Waals surface area contributed by atoms with Crippen LogP contribution in [0.4, 0.5) is 0 Å². The Balaban J connectivity index is 1.56. The van der Waals surface area contributed by atoms with Crippen molar-refractivity contribution in [3.8, 4) is 0 Å². The summed E-state index contributed by atoms with van der Waals surface area (Å²) in [6.45, 7) is 6.04. The van der Waals surface area contributed by atoms with Crippen molar-refractivity contribution in [3.05, 3.63) is 23.8 Å².